The van der Waals surface area contributed by atoms with Gasteiger partial charge < -0.3 is 14.6 Å². The maximum atomic E-state index is 9.94. The first-order chi connectivity index (χ1) is 14.2. The molecule has 0 aromatic carbocycles. The predicted octanol–water partition coefficient (Wildman–Crippen LogP) is 3.51. The van der Waals surface area contributed by atoms with Gasteiger partial charge in [0.1, 0.15) is 17.3 Å². The van der Waals surface area contributed by atoms with E-state index in [1.807, 2.05) is 6.92 Å². The molecule has 29 heavy (non-hydrogen) atoms. The van der Waals surface area contributed by atoms with Crippen LogP contribution in [0.25, 0.3) is 10.2 Å². The van der Waals surface area contributed by atoms with Gasteiger partial charge in [-0.15, -0.1) is 11.3 Å². The van der Waals surface area contributed by atoms with Crippen LogP contribution in [0.5, 0.6) is 5.88 Å². The highest BCUT2D eigenvalue weighted by atomic mass is 32.1. The Morgan fingerprint density at radius 2 is 2.00 bits per heavy atom. The average molecular weight is 418 g/mol. The maximum Gasteiger partial charge on any atom is 0.225 e. The van der Waals surface area contributed by atoms with Crippen LogP contribution in [0, 0.1) is 0 Å². The zero-order valence-electron chi connectivity index (χ0n) is 17.2. The summed E-state index contributed by atoms with van der Waals surface area (Å²) in [5.74, 6) is 1.16. The second-order valence-electron chi connectivity index (χ2n) is 8.81. The Labute approximate surface area is 176 Å². The van der Waals surface area contributed by atoms with E-state index in [4.69, 9.17) is 9.47 Å². The summed E-state index contributed by atoms with van der Waals surface area (Å²) in [5.41, 5.74) is 1.35. The van der Waals surface area contributed by atoms with Gasteiger partial charge in [-0.1, -0.05) is 0 Å². The number of hydrogen-bond donors (Lipinski definition) is 1. The van der Waals surface area contributed by atoms with Crippen molar-refractivity contribution in [3.63, 3.8) is 0 Å². The molecule has 7 heteroatoms. The van der Waals surface area contributed by atoms with E-state index in [-0.39, 0.29) is 12.2 Å². The van der Waals surface area contributed by atoms with E-state index in [0.717, 1.165) is 74.5 Å². The van der Waals surface area contributed by atoms with E-state index < -0.39 is 0 Å². The molecule has 3 aliphatic rings. The van der Waals surface area contributed by atoms with Crippen molar-refractivity contribution in [3.05, 3.63) is 16.8 Å². The first-order valence-corrected chi connectivity index (χ1v) is 11.9. The van der Waals surface area contributed by atoms with E-state index in [9.17, 15) is 5.11 Å². The van der Waals surface area contributed by atoms with E-state index in [1.54, 1.807) is 17.7 Å². The third-order valence-corrected chi connectivity index (χ3v) is 7.98. The SMILES string of the molecule is C[C@@H](O)C[C@H]1CCc2sc3ncnc(O[C@H]4CC[C@H](N5CCOCC5)CC4)c3c21. The van der Waals surface area contributed by atoms with Crippen LogP contribution in [0.1, 0.15) is 61.8 Å². The van der Waals surface area contributed by atoms with Crippen LogP contribution in [0.2, 0.25) is 0 Å². The molecule has 3 heterocycles. The third-order valence-electron chi connectivity index (χ3n) is 6.81. The van der Waals surface area contributed by atoms with Crippen LogP contribution >= 0.6 is 11.3 Å². The second kappa shape index (κ2) is 8.46. The van der Waals surface area contributed by atoms with Gasteiger partial charge in [0.15, 0.2) is 0 Å². The largest absolute Gasteiger partial charge is 0.474 e. The molecule has 1 N–H and O–H groups in total. The summed E-state index contributed by atoms with van der Waals surface area (Å²) in [6.07, 6.45) is 9.12. The van der Waals surface area contributed by atoms with Gasteiger partial charge in [-0.25, -0.2) is 9.97 Å². The number of aliphatic hydroxyl groups is 1. The minimum Gasteiger partial charge on any atom is -0.474 e. The summed E-state index contributed by atoms with van der Waals surface area (Å²) in [6.45, 7) is 5.74. The fourth-order valence-electron chi connectivity index (χ4n) is 5.41. The normalized spacial score (nSPS) is 29.1. The Morgan fingerprint density at radius 3 is 2.76 bits per heavy atom. The maximum absolute atomic E-state index is 9.94. The van der Waals surface area contributed by atoms with Gasteiger partial charge in [0.25, 0.3) is 0 Å². The number of nitrogens with zero attached hydrogens (tertiary/aromatic N) is 3. The van der Waals surface area contributed by atoms with Gasteiger partial charge in [0, 0.05) is 24.0 Å². The molecule has 6 nitrogen and oxygen atoms in total. The molecular formula is C22H31N3O3S. The Kier molecular flexibility index (Phi) is 5.74. The van der Waals surface area contributed by atoms with Gasteiger partial charge >= 0.3 is 0 Å². The number of aliphatic hydroxyl groups excluding tert-OH is 1. The highest BCUT2D eigenvalue weighted by Crippen LogP contribution is 2.47. The summed E-state index contributed by atoms with van der Waals surface area (Å²) < 4.78 is 12.0. The van der Waals surface area contributed by atoms with Crippen molar-refractivity contribution >= 4 is 21.6 Å². The molecule has 2 atom stereocenters. The van der Waals surface area contributed by atoms with Crippen LogP contribution in [-0.4, -0.2) is 64.5 Å². The minimum atomic E-state index is -0.287. The molecule has 5 rings (SSSR count). The van der Waals surface area contributed by atoms with Crippen LogP contribution < -0.4 is 4.74 Å². The van der Waals surface area contributed by atoms with Crippen LogP contribution in [-0.2, 0) is 11.2 Å². The molecule has 0 bridgehead atoms. The molecule has 0 spiro atoms. The summed E-state index contributed by atoms with van der Waals surface area (Å²) in [6, 6.07) is 0.671. The van der Waals surface area contributed by atoms with Gasteiger partial charge in [0.05, 0.1) is 24.7 Å². The average Bonchev–Trinajstić information content (AvgIpc) is 3.29. The first kappa shape index (κ1) is 19.7. The molecule has 2 fully saturated rings. The second-order valence-corrected chi connectivity index (χ2v) is 9.90. The molecule has 0 radical (unpaired) electrons. The molecule has 1 saturated carbocycles. The summed E-state index contributed by atoms with van der Waals surface area (Å²) >= 11 is 1.78. The number of thiophene rings is 1. The van der Waals surface area contributed by atoms with Gasteiger partial charge in [0.2, 0.25) is 5.88 Å². The lowest BCUT2D eigenvalue weighted by atomic mass is 9.91. The summed E-state index contributed by atoms with van der Waals surface area (Å²) in [7, 11) is 0. The zero-order chi connectivity index (χ0) is 19.8. The Balaban J connectivity index is 1.31. The topological polar surface area (TPSA) is 67.7 Å². The zero-order valence-corrected chi connectivity index (χ0v) is 18.0. The Morgan fingerprint density at radius 1 is 1.21 bits per heavy atom. The Hall–Kier alpha value is -1.28. The van der Waals surface area contributed by atoms with Crippen LogP contribution in [0.3, 0.4) is 0 Å². The van der Waals surface area contributed by atoms with Crippen molar-refractivity contribution in [1.82, 2.24) is 14.9 Å². The van der Waals surface area contributed by atoms with Crippen molar-refractivity contribution in [2.24, 2.45) is 0 Å². The number of aryl methyl sites for hydroxylation is 1. The minimum absolute atomic E-state index is 0.234. The number of aromatic nitrogens is 2. The van der Waals surface area contributed by atoms with Crippen molar-refractivity contribution in [1.29, 1.82) is 0 Å². The van der Waals surface area contributed by atoms with E-state index in [1.165, 1.54) is 23.3 Å². The number of hydrogen-bond acceptors (Lipinski definition) is 7. The van der Waals surface area contributed by atoms with Crippen molar-refractivity contribution in [3.8, 4) is 5.88 Å². The van der Waals surface area contributed by atoms with E-state index in [0.29, 0.717) is 12.0 Å². The van der Waals surface area contributed by atoms with Crippen LogP contribution in [0.15, 0.2) is 6.33 Å². The van der Waals surface area contributed by atoms with Gasteiger partial charge in [-0.2, -0.15) is 0 Å². The summed E-state index contributed by atoms with van der Waals surface area (Å²) in [5, 5.41) is 11.1. The monoisotopic (exact) mass is 417 g/mol. The standard InChI is InChI=1S/C22H31N3O3S/c1-14(26)12-15-2-7-18-19(15)20-21(23-13-24-22(20)29-18)28-17-5-3-16(4-6-17)25-8-10-27-11-9-25/h13-17,26H,2-12H2,1H3/t14-,15-,16-,17-/m1/s1. The Bertz CT molecular complexity index is 841. The highest BCUT2D eigenvalue weighted by molar-refractivity contribution is 7.19. The lowest BCUT2D eigenvalue weighted by Crippen LogP contribution is -2.46. The molecule has 1 aliphatic heterocycles. The van der Waals surface area contributed by atoms with Crippen molar-refractivity contribution in [2.75, 3.05) is 26.3 Å². The molecule has 2 aromatic heterocycles. The van der Waals surface area contributed by atoms with Crippen molar-refractivity contribution in [2.45, 2.75) is 76.0 Å². The molecule has 2 aromatic rings. The predicted molar refractivity (Wildman–Crippen MR) is 114 cm³/mol. The lowest BCUT2D eigenvalue weighted by Gasteiger charge is -2.38. The molecule has 2 aliphatic carbocycles. The molecular weight excluding hydrogens is 386 g/mol. The van der Waals surface area contributed by atoms with E-state index in [2.05, 4.69) is 14.9 Å². The van der Waals surface area contributed by atoms with Crippen LogP contribution in [0.4, 0.5) is 0 Å². The quantitative estimate of drug-likeness (QED) is 0.803. The fraction of sp³-hybridized carbons (Fsp3) is 0.727. The number of rotatable bonds is 5. The highest BCUT2D eigenvalue weighted by Gasteiger charge is 2.32. The van der Waals surface area contributed by atoms with Gasteiger partial charge in [-0.05, 0) is 63.4 Å². The number of fused-ring (bicyclic) bond motifs is 3. The smallest absolute Gasteiger partial charge is 0.225 e. The molecule has 0 amide bonds. The summed E-state index contributed by atoms with van der Waals surface area (Å²) in [4.78, 5) is 14.1. The molecule has 0 unspecified atom stereocenters. The molecule has 158 valence electrons. The number of ether oxygens (including phenoxy) is 2. The van der Waals surface area contributed by atoms with Crippen molar-refractivity contribution < 1.29 is 14.6 Å². The fourth-order valence-corrected chi connectivity index (χ4v) is 6.64. The third kappa shape index (κ3) is 4.02. The van der Waals surface area contributed by atoms with E-state index >= 15 is 0 Å². The first-order valence-electron chi connectivity index (χ1n) is 11.1. The number of morpholine rings is 1. The molecule has 1 saturated heterocycles. The van der Waals surface area contributed by atoms with Gasteiger partial charge in [-0.3, -0.25) is 4.90 Å². The lowest BCUT2D eigenvalue weighted by molar-refractivity contribution is -0.00126.